The van der Waals surface area contributed by atoms with Gasteiger partial charge in [-0.2, -0.15) is 0 Å². The maximum absolute atomic E-state index is 13.4. The van der Waals surface area contributed by atoms with Crippen LogP contribution in [0.2, 0.25) is 0 Å². The third-order valence-electron chi connectivity index (χ3n) is 3.69. The topological polar surface area (TPSA) is 30.5 Å². The van der Waals surface area contributed by atoms with Gasteiger partial charge in [-0.05, 0) is 38.8 Å². The average Bonchev–Trinajstić information content (AvgIpc) is 2.45. The lowest BCUT2D eigenvalue weighted by Gasteiger charge is -2.23. The molecular weight excluding hydrogens is 245 g/mol. The van der Waals surface area contributed by atoms with Gasteiger partial charge >= 0.3 is 0 Å². The second kappa shape index (κ2) is 6.87. The summed E-state index contributed by atoms with van der Waals surface area (Å²) in [5.74, 6) is 0.900. The molecule has 1 N–H and O–H groups in total. The first-order chi connectivity index (χ1) is 9.20. The summed E-state index contributed by atoms with van der Waals surface area (Å²) in [6.07, 6.45) is 2.04. The standard InChI is InChI=1S/C15H22FNO2/c1-11(17-2)14-4-3-13(16)9-15(14)19-10-12-5-7-18-8-6-12/h3-4,9,11-12,17H,5-8,10H2,1-2H3. The number of halogens is 1. The van der Waals surface area contributed by atoms with E-state index in [0.717, 1.165) is 31.6 Å². The minimum atomic E-state index is -0.256. The minimum Gasteiger partial charge on any atom is -0.493 e. The van der Waals surface area contributed by atoms with E-state index in [1.54, 1.807) is 6.07 Å². The van der Waals surface area contributed by atoms with Gasteiger partial charge in [0.05, 0.1) is 6.61 Å². The summed E-state index contributed by atoms with van der Waals surface area (Å²) in [5, 5.41) is 3.16. The fraction of sp³-hybridized carbons (Fsp3) is 0.600. The van der Waals surface area contributed by atoms with Gasteiger partial charge in [0.25, 0.3) is 0 Å². The predicted molar refractivity (Wildman–Crippen MR) is 72.9 cm³/mol. The first-order valence-electron chi connectivity index (χ1n) is 6.88. The summed E-state index contributed by atoms with van der Waals surface area (Å²) in [6.45, 7) is 4.28. The fourth-order valence-electron chi connectivity index (χ4n) is 2.27. The Morgan fingerprint density at radius 2 is 2.16 bits per heavy atom. The minimum absolute atomic E-state index is 0.144. The molecule has 1 heterocycles. The first kappa shape index (κ1) is 14.3. The molecule has 1 aromatic carbocycles. The molecular formula is C15H22FNO2. The number of rotatable bonds is 5. The third kappa shape index (κ3) is 3.91. The molecule has 1 unspecified atom stereocenters. The van der Waals surface area contributed by atoms with Gasteiger partial charge in [0.1, 0.15) is 11.6 Å². The summed E-state index contributed by atoms with van der Waals surface area (Å²) >= 11 is 0. The summed E-state index contributed by atoms with van der Waals surface area (Å²) < 4.78 is 24.5. The maximum atomic E-state index is 13.4. The zero-order valence-electron chi connectivity index (χ0n) is 11.6. The Hall–Kier alpha value is -1.13. The SMILES string of the molecule is CNC(C)c1ccc(F)cc1OCC1CCOCC1. The Kier molecular flexibility index (Phi) is 5.16. The molecule has 1 aliphatic rings. The Morgan fingerprint density at radius 3 is 2.84 bits per heavy atom. The van der Waals surface area contributed by atoms with Gasteiger partial charge < -0.3 is 14.8 Å². The lowest BCUT2D eigenvalue weighted by atomic mass is 10.0. The normalized spacial score (nSPS) is 18.3. The zero-order valence-corrected chi connectivity index (χ0v) is 11.6. The van der Waals surface area contributed by atoms with Crippen LogP contribution in [0.4, 0.5) is 4.39 Å². The molecule has 0 spiro atoms. The van der Waals surface area contributed by atoms with E-state index in [2.05, 4.69) is 5.32 Å². The molecule has 1 fully saturated rings. The van der Waals surface area contributed by atoms with Crippen molar-refractivity contribution in [1.29, 1.82) is 0 Å². The molecule has 106 valence electrons. The Balaban J connectivity index is 2.02. The van der Waals surface area contributed by atoms with Crippen LogP contribution in [-0.2, 0) is 4.74 Å². The van der Waals surface area contributed by atoms with Gasteiger partial charge in [-0.3, -0.25) is 0 Å². The molecule has 3 nitrogen and oxygen atoms in total. The maximum Gasteiger partial charge on any atom is 0.126 e. The largest absolute Gasteiger partial charge is 0.493 e. The summed E-state index contributed by atoms with van der Waals surface area (Å²) in [6, 6.07) is 4.88. The lowest BCUT2D eigenvalue weighted by Crippen LogP contribution is -2.22. The molecule has 0 aromatic heterocycles. The van der Waals surface area contributed by atoms with Gasteiger partial charge in [-0.15, -0.1) is 0 Å². The lowest BCUT2D eigenvalue weighted by molar-refractivity contribution is 0.0495. The van der Waals surface area contributed by atoms with Crippen LogP contribution < -0.4 is 10.1 Å². The van der Waals surface area contributed by atoms with Crippen LogP contribution in [0.1, 0.15) is 31.4 Å². The quantitative estimate of drug-likeness (QED) is 0.889. The summed E-state index contributed by atoms with van der Waals surface area (Å²) in [7, 11) is 1.89. The van der Waals surface area contributed by atoms with E-state index in [4.69, 9.17) is 9.47 Å². The molecule has 2 rings (SSSR count). The van der Waals surface area contributed by atoms with E-state index in [0.29, 0.717) is 18.3 Å². The van der Waals surface area contributed by atoms with E-state index in [-0.39, 0.29) is 11.9 Å². The molecule has 1 aromatic rings. The third-order valence-corrected chi connectivity index (χ3v) is 3.69. The van der Waals surface area contributed by atoms with Crippen LogP contribution >= 0.6 is 0 Å². The van der Waals surface area contributed by atoms with Crippen molar-refractivity contribution in [3.63, 3.8) is 0 Å². The monoisotopic (exact) mass is 267 g/mol. The average molecular weight is 267 g/mol. The zero-order chi connectivity index (χ0) is 13.7. The molecule has 0 bridgehead atoms. The van der Waals surface area contributed by atoms with Crippen molar-refractivity contribution in [1.82, 2.24) is 5.32 Å². The van der Waals surface area contributed by atoms with Crippen LogP contribution in [0.3, 0.4) is 0 Å². The van der Waals surface area contributed by atoms with E-state index in [9.17, 15) is 4.39 Å². The second-order valence-corrected chi connectivity index (χ2v) is 5.06. The van der Waals surface area contributed by atoms with Crippen molar-refractivity contribution >= 4 is 0 Å². The van der Waals surface area contributed by atoms with E-state index in [1.807, 2.05) is 14.0 Å². The van der Waals surface area contributed by atoms with E-state index < -0.39 is 0 Å². The highest BCUT2D eigenvalue weighted by atomic mass is 19.1. The van der Waals surface area contributed by atoms with Crippen molar-refractivity contribution < 1.29 is 13.9 Å². The number of hydrogen-bond acceptors (Lipinski definition) is 3. The van der Waals surface area contributed by atoms with E-state index in [1.165, 1.54) is 12.1 Å². The van der Waals surface area contributed by atoms with Crippen LogP contribution in [0.25, 0.3) is 0 Å². The molecule has 0 radical (unpaired) electrons. The molecule has 0 aliphatic carbocycles. The second-order valence-electron chi connectivity index (χ2n) is 5.06. The first-order valence-corrected chi connectivity index (χ1v) is 6.88. The van der Waals surface area contributed by atoms with Crippen molar-refractivity contribution in [3.05, 3.63) is 29.6 Å². The molecule has 1 aliphatic heterocycles. The predicted octanol–water partition coefficient (Wildman–Crippen LogP) is 2.91. The van der Waals surface area contributed by atoms with E-state index >= 15 is 0 Å². The van der Waals surface area contributed by atoms with Crippen LogP contribution in [0, 0.1) is 11.7 Å². The molecule has 0 saturated carbocycles. The molecule has 0 amide bonds. The van der Waals surface area contributed by atoms with Crippen LogP contribution in [0.5, 0.6) is 5.75 Å². The Bertz CT molecular complexity index is 405. The van der Waals surface area contributed by atoms with Gasteiger partial charge in [0.2, 0.25) is 0 Å². The highest BCUT2D eigenvalue weighted by Crippen LogP contribution is 2.27. The number of benzene rings is 1. The number of hydrogen-bond donors (Lipinski definition) is 1. The summed E-state index contributed by atoms with van der Waals surface area (Å²) in [5.41, 5.74) is 0.996. The van der Waals surface area contributed by atoms with Crippen molar-refractivity contribution in [3.8, 4) is 5.75 Å². The van der Waals surface area contributed by atoms with Crippen LogP contribution in [0.15, 0.2) is 18.2 Å². The molecule has 1 saturated heterocycles. The Labute approximate surface area is 114 Å². The molecule has 1 atom stereocenters. The van der Waals surface area contributed by atoms with Gasteiger partial charge in [-0.1, -0.05) is 6.07 Å². The van der Waals surface area contributed by atoms with Crippen molar-refractivity contribution in [2.24, 2.45) is 5.92 Å². The highest BCUT2D eigenvalue weighted by Gasteiger charge is 2.17. The molecule has 19 heavy (non-hydrogen) atoms. The number of ether oxygens (including phenoxy) is 2. The molecule has 4 heteroatoms. The van der Waals surface area contributed by atoms with Gasteiger partial charge in [0, 0.05) is 30.9 Å². The summed E-state index contributed by atoms with van der Waals surface area (Å²) in [4.78, 5) is 0. The number of nitrogens with one attached hydrogen (secondary N) is 1. The fourth-order valence-corrected chi connectivity index (χ4v) is 2.27. The van der Waals surface area contributed by atoms with Crippen LogP contribution in [-0.4, -0.2) is 26.9 Å². The van der Waals surface area contributed by atoms with Gasteiger partial charge in [0.15, 0.2) is 0 Å². The van der Waals surface area contributed by atoms with Crippen molar-refractivity contribution in [2.45, 2.75) is 25.8 Å². The smallest absolute Gasteiger partial charge is 0.126 e. The van der Waals surface area contributed by atoms with Crippen molar-refractivity contribution in [2.75, 3.05) is 26.9 Å². The Morgan fingerprint density at radius 1 is 1.42 bits per heavy atom. The highest BCUT2D eigenvalue weighted by molar-refractivity contribution is 5.36. The van der Waals surface area contributed by atoms with Gasteiger partial charge in [-0.25, -0.2) is 4.39 Å².